The lowest BCUT2D eigenvalue weighted by Crippen LogP contribution is -2.42. The van der Waals surface area contributed by atoms with E-state index in [4.69, 9.17) is 10.5 Å². The van der Waals surface area contributed by atoms with Crippen molar-refractivity contribution in [2.45, 2.75) is 18.4 Å². The number of hydrogen-bond donors (Lipinski definition) is 3. The van der Waals surface area contributed by atoms with Gasteiger partial charge in [-0.1, -0.05) is 0 Å². The Bertz CT molecular complexity index is 351. The van der Waals surface area contributed by atoms with Crippen LogP contribution in [0.3, 0.4) is 0 Å². The summed E-state index contributed by atoms with van der Waals surface area (Å²) in [6.07, 6.45) is 4.61. The van der Waals surface area contributed by atoms with Gasteiger partial charge in [0.15, 0.2) is 0 Å². The Kier molecular flexibility index (Phi) is 3.26. The minimum Gasteiger partial charge on any atom is -0.397 e. The Balaban J connectivity index is 1.91. The van der Waals surface area contributed by atoms with Crippen LogP contribution in [-0.4, -0.2) is 35.5 Å². The van der Waals surface area contributed by atoms with Gasteiger partial charge < -0.3 is 20.9 Å². The molecule has 0 aromatic carbocycles. The molecule has 1 aromatic rings. The minimum atomic E-state index is -0.678. The van der Waals surface area contributed by atoms with Crippen LogP contribution < -0.4 is 11.1 Å². The summed E-state index contributed by atoms with van der Waals surface area (Å²) in [4.78, 5) is 3.98. The van der Waals surface area contributed by atoms with E-state index in [2.05, 4.69) is 10.3 Å². The maximum absolute atomic E-state index is 10.2. The first-order chi connectivity index (χ1) is 7.68. The normalized spacial score (nSPS) is 19.3. The van der Waals surface area contributed by atoms with Crippen molar-refractivity contribution in [3.63, 3.8) is 0 Å². The number of rotatable bonds is 3. The number of aliphatic hydroxyl groups is 1. The Morgan fingerprint density at radius 3 is 2.88 bits per heavy atom. The number of ether oxygens (including phenoxy) is 1. The van der Waals surface area contributed by atoms with Crippen LogP contribution >= 0.6 is 0 Å². The lowest BCUT2D eigenvalue weighted by molar-refractivity contribution is -0.0543. The summed E-state index contributed by atoms with van der Waals surface area (Å²) in [6, 6.07) is 1.80. The van der Waals surface area contributed by atoms with Gasteiger partial charge in [-0.15, -0.1) is 0 Å². The van der Waals surface area contributed by atoms with Crippen molar-refractivity contribution in [3.05, 3.63) is 18.5 Å². The Morgan fingerprint density at radius 2 is 2.19 bits per heavy atom. The molecule has 1 aromatic heterocycles. The number of nitrogen functional groups attached to an aromatic ring is 1. The molecule has 4 N–H and O–H groups in total. The highest BCUT2D eigenvalue weighted by Gasteiger charge is 2.29. The van der Waals surface area contributed by atoms with Crippen molar-refractivity contribution in [2.24, 2.45) is 0 Å². The van der Waals surface area contributed by atoms with Gasteiger partial charge in [-0.25, -0.2) is 0 Å². The second-order valence-corrected chi connectivity index (χ2v) is 4.20. The molecule has 0 radical (unpaired) electrons. The molecule has 1 aliphatic rings. The number of aromatic nitrogens is 1. The molecular weight excluding hydrogens is 206 g/mol. The fourth-order valence-electron chi connectivity index (χ4n) is 1.75. The minimum absolute atomic E-state index is 0.501. The molecular formula is C11H17N3O2. The first-order valence-corrected chi connectivity index (χ1v) is 5.42. The van der Waals surface area contributed by atoms with Gasteiger partial charge in [0.05, 0.1) is 23.2 Å². The zero-order chi connectivity index (χ0) is 11.4. The number of pyridine rings is 1. The molecule has 0 saturated carbocycles. The van der Waals surface area contributed by atoms with Crippen LogP contribution in [0.4, 0.5) is 11.4 Å². The van der Waals surface area contributed by atoms with E-state index in [1.54, 1.807) is 18.5 Å². The number of hydrogen-bond acceptors (Lipinski definition) is 5. The number of anilines is 2. The lowest BCUT2D eigenvalue weighted by Gasteiger charge is -2.32. The molecule has 0 aliphatic carbocycles. The zero-order valence-corrected chi connectivity index (χ0v) is 9.15. The Hall–Kier alpha value is -1.33. The van der Waals surface area contributed by atoms with E-state index >= 15 is 0 Å². The van der Waals surface area contributed by atoms with E-state index in [9.17, 15) is 5.11 Å². The molecule has 0 bridgehead atoms. The van der Waals surface area contributed by atoms with E-state index in [1.807, 2.05) is 0 Å². The summed E-state index contributed by atoms with van der Waals surface area (Å²) in [5, 5.41) is 13.4. The fourth-order valence-corrected chi connectivity index (χ4v) is 1.75. The van der Waals surface area contributed by atoms with Gasteiger partial charge in [0.2, 0.25) is 0 Å². The SMILES string of the molecule is Nc1cncc(NCC2(O)CCOCC2)c1. The molecule has 0 spiro atoms. The van der Waals surface area contributed by atoms with Gasteiger partial charge in [-0.05, 0) is 6.07 Å². The average Bonchev–Trinajstić information content (AvgIpc) is 2.28. The largest absolute Gasteiger partial charge is 0.397 e. The van der Waals surface area contributed by atoms with Crippen LogP contribution in [0, 0.1) is 0 Å². The third kappa shape index (κ3) is 2.84. The predicted octanol–water partition coefficient (Wildman–Crippen LogP) is 0.617. The Morgan fingerprint density at radius 1 is 1.44 bits per heavy atom. The van der Waals surface area contributed by atoms with Gasteiger partial charge in [0.1, 0.15) is 0 Å². The molecule has 0 amide bonds. The maximum Gasteiger partial charge on any atom is 0.0863 e. The highest BCUT2D eigenvalue weighted by Crippen LogP contribution is 2.21. The zero-order valence-electron chi connectivity index (χ0n) is 9.15. The van der Waals surface area contributed by atoms with Crippen LogP contribution in [-0.2, 0) is 4.74 Å². The highest BCUT2D eigenvalue weighted by atomic mass is 16.5. The standard InChI is InChI=1S/C11H17N3O2/c12-9-5-10(7-13-6-9)14-8-11(15)1-3-16-4-2-11/h5-7,14-15H,1-4,8,12H2. The fraction of sp³-hybridized carbons (Fsp3) is 0.545. The van der Waals surface area contributed by atoms with Crippen LogP contribution in [0.1, 0.15) is 12.8 Å². The topological polar surface area (TPSA) is 80.4 Å². The van der Waals surface area contributed by atoms with Crippen LogP contribution in [0.5, 0.6) is 0 Å². The van der Waals surface area contributed by atoms with Crippen LogP contribution in [0.2, 0.25) is 0 Å². The smallest absolute Gasteiger partial charge is 0.0863 e. The first kappa shape index (κ1) is 11.2. The number of nitrogens with zero attached hydrogens (tertiary/aromatic N) is 1. The van der Waals surface area contributed by atoms with E-state index in [1.165, 1.54) is 0 Å². The summed E-state index contributed by atoms with van der Waals surface area (Å²) >= 11 is 0. The van der Waals surface area contributed by atoms with Crippen molar-refractivity contribution in [1.82, 2.24) is 4.98 Å². The van der Waals surface area contributed by atoms with E-state index in [0.29, 0.717) is 38.3 Å². The monoisotopic (exact) mass is 223 g/mol. The molecule has 5 heteroatoms. The summed E-state index contributed by atoms with van der Waals surface area (Å²) in [5.41, 5.74) is 6.39. The third-order valence-corrected chi connectivity index (χ3v) is 2.80. The van der Waals surface area contributed by atoms with Gasteiger partial charge in [-0.3, -0.25) is 4.98 Å². The highest BCUT2D eigenvalue weighted by molar-refractivity contribution is 5.51. The van der Waals surface area contributed by atoms with Crippen molar-refractivity contribution < 1.29 is 9.84 Å². The van der Waals surface area contributed by atoms with Gasteiger partial charge >= 0.3 is 0 Å². The van der Waals surface area contributed by atoms with Crippen molar-refractivity contribution in [1.29, 1.82) is 0 Å². The molecule has 0 atom stereocenters. The molecule has 88 valence electrons. The quantitative estimate of drug-likeness (QED) is 0.700. The molecule has 16 heavy (non-hydrogen) atoms. The Labute approximate surface area is 94.6 Å². The van der Waals surface area contributed by atoms with Crippen LogP contribution in [0.25, 0.3) is 0 Å². The molecule has 0 unspecified atom stereocenters. The van der Waals surface area contributed by atoms with Crippen LogP contribution in [0.15, 0.2) is 18.5 Å². The molecule has 2 heterocycles. The lowest BCUT2D eigenvalue weighted by atomic mass is 9.94. The predicted molar refractivity (Wildman–Crippen MR) is 62.1 cm³/mol. The molecule has 5 nitrogen and oxygen atoms in total. The number of nitrogens with two attached hydrogens (primary N) is 1. The molecule has 1 aliphatic heterocycles. The van der Waals surface area contributed by atoms with Gasteiger partial charge in [0.25, 0.3) is 0 Å². The van der Waals surface area contributed by atoms with Gasteiger partial charge in [0, 0.05) is 38.8 Å². The third-order valence-electron chi connectivity index (χ3n) is 2.80. The van der Waals surface area contributed by atoms with Crippen molar-refractivity contribution >= 4 is 11.4 Å². The van der Waals surface area contributed by atoms with Crippen molar-refractivity contribution in [3.8, 4) is 0 Å². The van der Waals surface area contributed by atoms with E-state index in [-0.39, 0.29) is 0 Å². The van der Waals surface area contributed by atoms with Gasteiger partial charge in [-0.2, -0.15) is 0 Å². The summed E-state index contributed by atoms with van der Waals surface area (Å²) < 4.78 is 5.22. The summed E-state index contributed by atoms with van der Waals surface area (Å²) in [7, 11) is 0. The summed E-state index contributed by atoms with van der Waals surface area (Å²) in [6.45, 7) is 1.74. The average molecular weight is 223 g/mol. The van der Waals surface area contributed by atoms with Crippen molar-refractivity contribution in [2.75, 3.05) is 30.8 Å². The second-order valence-electron chi connectivity index (χ2n) is 4.20. The van der Waals surface area contributed by atoms with E-state index < -0.39 is 5.60 Å². The second kappa shape index (κ2) is 4.67. The van der Waals surface area contributed by atoms with E-state index in [0.717, 1.165) is 5.69 Å². The molecule has 2 rings (SSSR count). The maximum atomic E-state index is 10.2. The molecule has 1 saturated heterocycles. The first-order valence-electron chi connectivity index (χ1n) is 5.42. The summed E-state index contributed by atoms with van der Waals surface area (Å²) in [5.74, 6) is 0. The molecule has 1 fully saturated rings. The number of nitrogens with one attached hydrogen (secondary N) is 1.